The second-order valence-corrected chi connectivity index (χ2v) is 8.18. The lowest BCUT2D eigenvalue weighted by atomic mass is 9.96. The fourth-order valence-corrected chi connectivity index (χ4v) is 4.26. The molecule has 0 unspecified atom stereocenters. The minimum Gasteiger partial charge on any atom is -0.497 e. The van der Waals surface area contributed by atoms with E-state index < -0.39 is 0 Å². The number of aryl methyl sites for hydroxylation is 1. The van der Waals surface area contributed by atoms with E-state index in [4.69, 9.17) is 9.72 Å². The van der Waals surface area contributed by atoms with Gasteiger partial charge in [-0.25, -0.2) is 4.98 Å². The van der Waals surface area contributed by atoms with Gasteiger partial charge in [0.1, 0.15) is 11.6 Å². The number of hydrogen-bond acceptors (Lipinski definition) is 6. The Kier molecular flexibility index (Phi) is 6.35. The van der Waals surface area contributed by atoms with Gasteiger partial charge >= 0.3 is 0 Å². The lowest BCUT2D eigenvalue weighted by molar-refractivity contribution is 0.0746. The van der Waals surface area contributed by atoms with Crippen molar-refractivity contribution >= 4 is 17.7 Å². The van der Waals surface area contributed by atoms with E-state index in [0.29, 0.717) is 24.7 Å². The molecule has 0 atom stereocenters. The van der Waals surface area contributed by atoms with Crippen LogP contribution in [0.25, 0.3) is 0 Å². The van der Waals surface area contributed by atoms with Crippen LogP contribution in [-0.4, -0.2) is 60.1 Å². The van der Waals surface area contributed by atoms with Crippen molar-refractivity contribution in [3.63, 3.8) is 0 Å². The van der Waals surface area contributed by atoms with Crippen molar-refractivity contribution in [2.75, 3.05) is 43.5 Å². The lowest BCUT2D eigenvalue weighted by Crippen LogP contribution is -2.49. The molecule has 0 spiro atoms. The zero-order valence-electron chi connectivity index (χ0n) is 17.9. The van der Waals surface area contributed by atoms with Gasteiger partial charge in [0, 0.05) is 49.5 Å². The zero-order chi connectivity index (χ0) is 20.9. The second-order valence-electron chi connectivity index (χ2n) is 8.18. The number of hydrogen-bond donors (Lipinski definition) is 1. The summed E-state index contributed by atoms with van der Waals surface area (Å²) in [6, 6.07) is 9.82. The fraction of sp³-hybridized carbons (Fsp3) is 0.522. The Bertz CT molecular complexity index is 856. The molecule has 30 heavy (non-hydrogen) atoms. The quantitative estimate of drug-likeness (QED) is 0.815. The van der Waals surface area contributed by atoms with Crippen LogP contribution in [-0.2, 0) is 0 Å². The van der Waals surface area contributed by atoms with Crippen LogP contribution in [0.2, 0.25) is 0 Å². The Hall–Kier alpha value is -2.83. The van der Waals surface area contributed by atoms with E-state index in [0.717, 1.165) is 36.3 Å². The number of piperazine rings is 1. The van der Waals surface area contributed by atoms with Crippen LogP contribution in [0.15, 0.2) is 30.3 Å². The van der Waals surface area contributed by atoms with Gasteiger partial charge in [0.2, 0.25) is 5.95 Å². The van der Waals surface area contributed by atoms with Gasteiger partial charge in [0.15, 0.2) is 0 Å². The van der Waals surface area contributed by atoms with E-state index in [1.54, 1.807) is 7.11 Å². The molecule has 7 nitrogen and oxygen atoms in total. The molecular weight excluding hydrogens is 378 g/mol. The summed E-state index contributed by atoms with van der Waals surface area (Å²) in [5, 5.41) is 3.54. The number of ether oxygens (including phenoxy) is 1. The van der Waals surface area contributed by atoms with Gasteiger partial charge in [-0.15, -0.1) is 0 Å². The number of carbonyl (C=O) groups excluding carboxylic acids is 1. The van der Waals surface area contributed by atoms with Gasteiger partial charge in [-0.3, -0.25) is 4.79 Å². The summed E-state index contributed by atoms with van der Waals surface area (Å²) in [6.45, 7) is 4.90. The van der Waals surface area contributed by atoms with Crippen LogP contribution >= 0.6 is 0 Å². The number of amides is 1. The highest BCUT2D eigenvalue weighted by molar-refractivity contribution is 5.94. The van der Waals surface area contributed by atoms with Crippen molar-refractivity contribution in [3.8, 4) is 5.75 Å². The SMILES string of the molecule is COc1ccc(C(=O)N2CCN(c3cc(C)nc(NC4CCCCC4)n3)CC2)cc1. The number of anilines is 2. The standard InChI is InChI=1S/C23H31N5O2/c1-17-16-21(26-23(24-17)25-19-6-4-3-5-7-19)27-12-14-28(15-13-27)22(29)18-8-10-20(30-2)11-9-18/h8-11,16,19H,3-7,12-15H2,1-2H3,(H,24,25,26). The third kappa shape index (κ3) is 4.83. The van der Waals surface area contributed by atoms with Gasteiger partial charge in [-0.05, 0) is 44.0 Å². The van der Waals surface area contributed by atoms with E-state index in [1.165, 1.54) is 32.1 Å². The van der Waals surface area contributed by atoms with Crippen LogP contribution in [0, 0.1) is 6.92 Å². The summed E-state index contributed by atoms with van der Waals surface area (Å²) < 4.78 is 5.18. The van der Waals surface area contributed by atoms with Crippen LogP contribution < -0.4 is 15.0 Å². The summed E-state index contributed by atoms with van der Waals surface area (Å²) in [5.41, 5.74) is 1.66. The van der Waals surface area contributed by atoms with Gasteiger partial charge in [0.25, 0.3) is 5.91 Å². The van der Waals surface area contributed by atoms with E-state index in [2.05, 4.69) is 15.2 Å². The number of carbonyl (C=O) groups is 1. The Morgan fingerprint density at radius 2 is 1.73 bits per heavy atom. The molecular formula is C23H31N5O2. The number of nitrogens with one attached hydrogen (secondary N) is 1. The maximum Gasteiger partial charge on any atom is 0.253 e. The molecule has 0 bridgehead atoms. The molecule has 1 N–H and O–H groups in total. The predicted octanol–water partition coefficient (Wildman–Crippen LogP) is 3.50. The Labute approximate surface area is 178 Å². The van der Waals surface area contributed by atoms with Crippen molar-refractivity contribution in [2.45, 2.75) is 45.1 Å². The number of rotatable bonds is 5. The largest absolute Gasteiger partial charge is 0.497 e. The molecule has 7 heteroatoms. The highest BCUT2D eigenvalue weighted by Crippen LogP contribution is 2.23. The first-order valence-electron chi connectivity index (χ1n) is 10.9. The predicted molar refractivity (Wildman–Crippen MR) is 118 cm³/mol. The van der Waals surface area contributed by atoms with E-state index in [9.17, 15) is 4.79 Å². The molecule has 1 aromatic heterocycles. The minimum atomic E-state index is 0.0656. The van der Waals surface area contributed by atoms with Crippen LogP contribution in [0.4, 0.5) is 11.8 Å². The highest BCUT2D eigenvalue weighted by Gasteiger charge is 2.24. The van der Waals surface area contributed by atoms with Gasteiger partial charge in [0.05, 0.1) is 7.11 Å². The second kappa shape index (κ2) is 9.32. The third-order valence-electron chi connectivity index (χ3n) is 6.01. The van der Waals surface area contributed by atoms with E-state index in [-0.39, 0.29) is 5.91 Å². The Morgan fingerprint density at radius 3 is 2.40 bits per heavy atom. The average Bonchev–Trinajstić information content (AvgIpc) is 2.79. The van der Waals surface area contributed by atoms with Crippen LogP contribution in [0.5, 0.6) is 5.75 Å². The molecule has 0 radical (unpaired) electrons. The summed E-state index contributed by atoms with van der Waals surface area (Å²) in [6.07, 6.45) is 6.27. The Balaban J connectivity index is 1.37. The monoisotopic (exact) mass is 409 g/mol. The summed E-state index contributed by atoms with van der Waals surface area (Å²) in [7, 11) is 1.63. The first kappa shape index (κ1) is 20.4. The molecule has 1 aliphatic carbocycles. The molecule has 1 saturated heterocycles. The summed E-state index contributed by atoms with van der Waals surface area (Å²) in [5.74, 6) is 2.50. The van der Waals surface area contributed by atoms with Crippen molar-refractivity contribution in [1.29, 1.82) is 0 Å². The van der Waals surface area contributed by atoms with Gasteiger partial charge < -0.3 is 19.9 Å². The molecule has 2 heterocycles. The van der Waals surface area contributed by atoms with Crippen molar-refractivity contribution < 1.29 is 9.53 Å². The molecule has 1 amide bonds. The average molecular weight is 410 g/mol. The lowest BCUT2D eigenvalue weighted by Gasteiger charge is -2.35. The van der Waals surface area contributed by atoms with Gasteiger partial charge in [-0.2, -0.15) is 4.98 Å². The molecule has 2 aliphatic rings. The molecule has 1 saturated carbocycles. The molecule has 160 valence electrons. The first-order valence-corrected chi connectivity index (χ1v) is 10.9. The summed E-state index contributed by atoms with van der Waals surface area (Å²) in [4.78, 5) is 26.3. The zero-order valence-corrected chi connectivity index (χ0v) is 17.9. The fourth-order valence-electron chi connectivity index (χ4n) is 4.26. The van der Waals surface area contributed by atoms with E-state index in [1.807, 2.05) is 42.2 Å². The van der Waals surface area contributed by atoms with E-state index >= 15 is 0 Å². The summed E-state index contributed by atoms with van der Waals surface area (Å²) >= 11 is 0. The van der Waals surface area contributed by atoms with Crippen LogP contribution in [0.1, 0.15) is 48.2 Å². The number of nitrogens with zero attached hydrogens (tertiary/aromatic N) is 4. The van der Waals surface area contributed by atoms with Gasteiger partial charge in [-0.1, -0.05) is 19.3 Å². The normalized spacial score (nSPS) is 17.7. The molecule has 2 aromatic rings. The first-order chi connectivity index (χ1) is 14.6. The smallest absolute Gasteiger partial charge is 0.253 e. The number of methoxy groups -OCH3 is 1. The third-order valence-corrected chi connectivity index (χ3v) is 6.01. The number of benzene rings is 1. The maximum atomic E-state index is 12.8. The Morgan fingerprint density at radius 1 is 1.03 bits per heavy atom. The minimum absolute atomic E-state index is 0.0656. The van der Waals surface area contributed by atoms with Crippen molar-refractivity contribution in [1.82, 2.24) is 14.9 Å². The number of aromatic nitrogens is 2. The highest BCUT2D eigenvalue weighted by atomic mass is 16.5. The van der Waals surface area contributed by atoms with Crippen LogP contribution in [0.3, 0.4) is 0 Å². The topological polar surface area (TPSA) is 70.6 Å². The molecule has 1 aliphatic heterocycles. The molecule has 4 rings (SSSR count). The molecule has 2 fully saturated rings. The maximum absolute atomic E-state index is 12.8. The van der Waals surface area contributed by atoms with Crippen molar-refractivity contribution in [3.05, 3.63) is 41.6 Å². The molecule has 1 aromatic carbocycles. The van der Waals surface area contributed by atoms with Crippen molar-refractivity contribution in [2.24, 2.45) is 0 Å².